The summed E-state index contributed by atoms with van der Waals surface area (Å²) < 4.78 is 26.6. The molecule has 8 heteroatoms. The summed E-state index contributed by atoms with van der Waals surface area (Å²) in [5, 5.41) is 2.75. The summed E-state index contributed by atoms with van der Waals surface area (Å²) in [6.45, 7) is 1.77. The maximum atomic E-state index is 13.2. The van der Waals surface area contributed by atoms with Crippen molar-refractivity contribution < 1.29 is 18.4 Å². The van der Waals surface area contributed by atoms with Crippen molar-refractivity contribution in [3.63, 3.8) is 0 Å². The molecule has 1 aliphatic rings. The van der Waals surface area contributed by atoms with Crippen molar-refractivity contribution in [1.29, 1.82) is 0 Å². The summed E-state index contributed by atoms with van der Waals surface area (Å²) in [7, 11) is 0. The Balaban J connectivity index is 1.61. The third-order valence-corrected chi connectivity index (χ3v) is 4.99. The number of hydrogen-bond acceptors (Lipinski definition) is 2. The minimum Gasteiger partial charge on any atom is -0.337 e. The lowest BCUT2D eigenvalue weighted by Crippen LogP contribution is -2.39. The van der Waals surface area contributed by atoms with Crippen molar-refractivity contribution >= 4 is 33.6 Å². The van der Waals surface area contributed by atoms with Crippen molar-refractivity contribution in [2.24, 2.45) is 0 Å². The van der Waals surface area contributed by atoms with Gasteiger partial charge in [0, 0.05) is 36.2 Å². The summed E-state index contributed by atoms with van der Waals surface area (Å²) in [4.78, 5) is 28.3. The number of anilines is 1. The number of nitrogens with zero attached hydrogens (tertiary/aromatic N) is 2. The van der Waals surface area contributed by atoms with Crippen LogP contribution in [0.15, 0.2) is 46.9 Å². The molecule has 1 heterocycles. The molecule has 1 aliphatic heterocycles. The lowest BCUT2D eigenvalue weighted by Gasteiger charge is -2.23. The van der Waals surface area contributed by atoms with Crippen LogP contribution in [-0.2, 0) is 0 Å². The van der Waals surface area contributed by atoms with E-state index in [1.807, 2.05) is 0 Å². The largest absolute Gasteiger partial charge is 0.337 e. The molecule has 1 saturated heterocycles. The second kappa shape index (κ2) is 8.47. The Kier molecular flexibility index (Phi) is 6.05. The fraction of sp³-hybridized carbons (Fsp3) is 0.263. The number of urea groups is 1. The highest BCUT2D eigenvalue weighted by molar-refractivity contribution is 9.10. The second-order valence-corrected chi connectivity index (χ2v) is 7.05. The summed E-state index contributed by atoms with van der Waals surface area (Å²) in [5.41, 5.74) is 0.898. The van der Waals surface area contributed by atoms with Crippen LogP contribution in [0.1, 0.15) is 16.8 Å². The van der Waals surface area contributed by atoms with Gasteiger partial charge in [-0.2, -0.15) is 0 Å². The maximum Gasteiger partial charge on any atom is 0.321 e. The number of halogens is 3. The first-order valence-electron chi connectivity index (χ1n) is 8.50. The van der Waals surface area contributed by atoms with Gasteiger partial charge in [0.15, 0.2) is 0 Å². The normalized spacial score (nSPS) is 14.6. The van der Waals surface area contributed by atoms with E-state index in [4.69, 9.17) is 0 Å². The molecule has 0 radical (unpaired) electrons. The molecule has 0 spiro atoms. The Bertz CT molecular complexity index is 845. The van der Waals surface area contributed by atoms with Crippen molar-refractivity contribution in [1.82, 2.24) is 9.80 Å². The first-order chi connectivity index (χ1) is 12.9. The van der Waals surface area contributed by atoms with Crippen LogP contribution in [0, 0.1) is 11.6 Å². The fourth-order valence-corrected chi connectivity index (χ4v) is 3.33. The average Bonchev–Trinajstić information content (AvgIpc) is 2.90. The van der Waals surface area contributed by atoms with Crippen molar-refractivity contribution in [2.75, 3.05) is 31.5 Å². The molecular weight excluding hydrogens is 420 g/mol. The zero-order valence-corrected chi connectivity index (χ0v) is 16.0. The Morgan fingerprint density at radius 1 is 0.889 bits per heavy atom. The molecule has 0 aliphatic carbocycles. The van der Waals surface area contributed by atoms with E-state index in [9.17, 15) is 18.4 Å². The Hall–Kier alpha value is -2.48. The van der Waals surface area contributed by atoms with E-state index in [0.717, 1.165) is 0 Å². The molecule has 0 unspecified atom stereocenters. The van der Waals surface area contributed by atoms with Gasteiger partial charge in [0.05, 0.1) is 5.69 Å². The van der Waals surface area contributed by atoms with Crippen LogP contribution in [0.4, 0.5) is 19.3 Å². The number of carbonyl (C=O) groups excluding carboxylic acids is 2. The average molecular weight is 438 g/mol. The van der Waals surface area contributed by atoms with Crippen molar-refractivity contribution in [3.05, 3.63) is 64.1 Å². The van der Waals surface area contributed by atoms with E-state index >= 15 is 0 Å². The van der Waals surface area contributed by atoms with E-state index in [-0.39, 0.29) is 11.9 Å². The van der Waals surface area contributed by atoms with E-state index < -0.39 is 11.6 Å². The molecule has 1 N–H and O–H groups in total. The molecule has 0 saturated carbocycles. The highest BCUT2D eigenvalue weighted by atomic mass is 79.9. The summed E-state index contributed by atoms with van der Waals surface area (Å²) in [6, 6.07) is 9.15. The van der Waals surface area contributed by atoms with Crippen molar-refractivity contribution in [2.45, 2.75) is 6.42 Å². The van der Waals surface area contributed by atoms with Gasteiger partial charge in [0.2, 0.25) is 0 Å². The zero-order valence-electron chi connectivity index (χ0n) is 14.4. The van der Waals surface area contributed by atoms with Gasteiger partial charge in [-0.25, -0.2) is 13.6 Å². The number of rotatable bonds is 2. The zero-order chi connectivity index (χ0) is 19.4. The predicted molar refractivity (Wildman–Crippen MR) is 102 cm³/mol. The molecule has 27 heavy (non-hydrogen) atoms. The lowest BCUT2D eigenvalue weighted by atomic mass is 10.2. The first kappa shape index (κ1) is 19.3. The summed E-state index contributed by atoms with van der Waals surface area (Å²) >= 11 is 3.22. The minimum absolute atomic E-state index is 0.182. The van der Waals surface area contributed by atoms with Gasteiger partial charge in [-0.05, 0) is 64.8 Å². The third-order valence-electron chi connectivity index (χ3n) is 4.33. The smallest absolute Gasteiger partial charge is 0.321 e. The molecule has 3 rings (SSSR count). The van der Waals surface area contributed by atoms with Gasteiger partial charge >= 0.3 is 6.03 Å². The first-order valence-corrected chi connectivity index (χ1v) is 9.29. The fourth-order valence-electron chi connectivity index (χ4n) is 2.88. The van der Waals surface area contributed by atoms with E-state index in [2.05, 4.69) is 21.2 Å². The highest BCUT2D eigenvalue weighted by Crippen LogP contribution is 2.23. The standard InChI is InChI=1S/C19H18BrF2N3O2/c20-16-12-15(22)6-7-17(16)23-19(27)25-9-1-8-24(10-11-25)18(26)13-2-4-14(21)5-3-13/h2-7,12H,1,8-11H2,(H,23,27). The third kappa shape index (κ3) is 4.82. The quantitative estimate of drug-likeness (QED) is 0.768. The topological polar surface area (TPSA) is 52.7 Å². The van der Waals surface area contributed by atoms with Gasteiger partial charge in [-0.1, -0.05) is 0 Å². The molecule has 2 aromatic rings. The van der Waals surface area contributed by atoms with Gasteiger partial charge in [-0.15, -0.1) is 0 Å². The van der Waals surface area contributed by atoms with Gasteiger partial charge in [0.1, 0.15) is 11.6 Å². The Morgan fingerprint density at radius 2 is 1.52 bits per heavy atom. The van der Waals surface area contributed by atoms with Gasteiger partial charge in [0.25, 0.3) is 5.91 Å². The number of hydrogen-bond donors (Lipinski definition) is 1. The maximum absolute atomic E-state index is 13.2. The predicted octanol–water partition coefficient (Wildman–Crippen LogP) is 4.11. The molecule has 142 valence electrons. The highest BCUT2D eigenvalue weighted by Gasteiger charge is 2.23. The Labute approximate surface area is 164 Å². The molecule has 0 atom stereocenters. The number of nitrogens with one attached hydrogen (secondary N) is 1. The molecule has 5 nitrogen and oxygen atoms in total. The van der Waals surface area contributed by atoms with Crippen LogP contribution in [0.2, 0.25) is 0 Å². The lowest BCUT2D eigenvalue weighted by molar-refractivity contribution is 0.0762. The summed E-state index contributed by atoms with van der Waals surface area (Å²) in [5.74, 6) is -0.972. The van der Waals surface area contributed by atoms with E-state index in [1.165, 1.54) is 42.5 Å². The van der Waals surface area contributed by atoms with Crippen LogP contribution in [-0.4, -0.2) is 47.9 Å². The van der Waals surface area contributed by atoms with Crippen molar-refractivity contribution in [3.8, 4) is 0 Å². The van der Waals surface area contributed by atoms with Gasteiger partial charge in [-0.3, -0.25) is 4.79 Å². The van der Waals surface area contributed by atoms with E-state index in [1.54, 1.807) is 9.80 Å². The van der Waals surface area contributed by atoms with Crippen LogP contribution in [0.3, 0.4) is 0 Å². The van der Waals surface area contributed by atoms with Crippen LogP contribution < -0.4 is 5.32 Å². The molecule has 3 amide bonds. The number of amides is 3. The molecule has 2 aromatic carbocycles. The summed E-state index contributed by atoms with van der Waals surface area (Å²) in [6.07, 6.45) is 0.630. The molecule has 1 fully saturated rings. The number of carbonyl (C=O) groups is 2. The monoisotopic (exact) mass is 437 g/mol. The van der Waals surface area contributed by atoms with Crippen LogP contribution in [0.25, 0.3) is 0 Å². The molecular formula is C19H18BrF2N3O2. The SMILES string of the molecule is O=C(Nc1ccc(F)cc1Br)N1CCCN(C(=O)c2ccc(F)cc2)CC1. The number of benzene rings is 2. The molecule has 0 bridgehead atoms. The van der Waals surface area contributed by atoms with Crippen LogP contribution >= 0.6 is 15.9 Å². The van der Waals surface area contributed by atoms with Crippen LogP contribution in [0.5, 0.6) is 0 Å². The van der Waals surface area contributed by atoms with E-state index in [0.29, 0.717) is 48.3 Å². The molecule has 0 aromatic heterocycles. The minimum atomic E-state index is -0.399. The Morgan fingerprint density at radius 3 is 2.22 bits per heavy atom. The van der Waals surface area contributed by atoms with Gasteiger partial charge < -0.3 is 15.1 Å². The second-order valence-electron chi connectivity index (χ2n) is 6.19.